The Kier molecular flexibility index (Phi) is 8.59. The summed E-state index contributed by atoms with van der Waals surface area (Å²) < 4.78 is 25.8. The summed E-state index contributed by atoms with van der Waals surface area (Å²) in [5, 5.41) is 0.0590. The fourth-order valence-corrected chi connectivity index (χ4v) is 5.13. The number of benzene rings is 3. The van der Waals surface area contributed by atoms with Gasteiger partial charge in [0.15, 0.2) is 11.5 Å². The fourth-order valence-electron chi connectivity index (χ4n) is 3.40. The van der Waals surface area contributed by atoms with E-state index in [0.717, 1.165) is 16.7 Å². The molecule has 0 atom stereocenters. The first-order chi connectivity index (χ1) is 17.7. The molecule has 3 aromatic rings. The number of carbonyl (C=O) groups is 3. The second-order valence-corrected chi connectivity index (χ2v) is 10.3. The Morgan fingerprint density at radius 2 is 1.86 bits per heavy atom. The van der Waals surface area contributed by atoms with E-state index >= 15 is 0 Å². The smallest absolute Gasteiger partial charge is 0.343 e. The Balaban J connectivity index is 1.60. The number of esters is 1. The number of halogens is 4. The van der Waals surface area contributed by atoms with Crippen LogP contribution in [0.15, 0.2) is 64.0 Å². The molecule has 1 heterocycles. The topological polar surface area (TPSA) is 72.9 Å². The van der Waals surface area contributed by atoms with Crippen LogP contribution in [0, 0.1) is 5.82 Å². The molecular formula is C26H17BrCl2FNO5S. The van der Waals surface area contributed by atoms with Gasteiger partial charge in [0.1, 0.15) is 5.82 Å². The molecular weight excluding hydrogens is 608 g/mol. The zero-order chi connectivity index (χ0) is 26.7. The predicted molar refractivity (Wildman–Crippen MR) is 145 cm³/mol. The zero-order valence-corrected chi connectivity index (χ0v) is 23.0. The van der Waals surface area contributed by atoms with E-state index in [9.17, 15) is 18.8 Å². The van der Waals surface area contributed by atoms with Crippen LogP contribution in [0.5, 0.6) is 11.5 Å². The highest BCUT2D eigenvalue weighted by molar-refractivity contribution is 9.10. The van der Waals surface area contributed by atoms with Crippen molar-refractivity contribution in [1.29, 1.82) is 0 Å². The third-order valence-corrected chi connectivity index (χ3v) is 7.26. The van der Waals surface area contributed by atoms with E-state index in [0.29, 0.717) is 20.6 Å². The van der Waals surface area contributed by atoms with Crippen molar-refractivity contribution in [2.75, 3.05) is 6.61 Å². The monoisotopic (exact) mass is 623 g/mol. The van der Waals surface area contributed by atoms with Crippen molar-refractivity contribution >= 4 is 74.1 Å². The normalized spacial score (nSPS) is 14.4. The summed E-state index contributed by atoms with van der Waals surface area (Å²) in [7, 11) is 0. The minimum atomic E-state index is -0.612. The number of hydrogen-bond acceptors (Lipinski definition) is 6. The van der Waals surface area contributed by atoms with Crippen LogP contribution in [-0.4, -0.2) is 28.6 Å². The van der Waals surface area contributed by atoms with Crippen LogP contribution < -0.4 is 9.47 Å². The maximum atomic E-state index is 14.2. The maximum Gasteiger partial charge on any atom is 0.343 e. The van der Waals surface area contributed by atoms with Crippen LogP contribution >= 0.6 is 50.9 Å². The molecule has 4 rings (SSSR count). The first kappa shape index (κ1) is 27.2. The summed E-state index contributed by atoms with van der Waals surface area (Å²) in [5.41, 5.74) is 0.864. The highest BCUT2D eigenvalue weighted by atomic mass is 79.9. The Labute approximate surface area is 234 Å². The van der Waals surface area contributed by atoms with Crippen molar-refractivity contribution in [3.8, 4) is 11.5 Å². The Bertz CT molecular complexity index is 1410. The van der Waals surface area contributed by atoms with Crippen LogP contribution in [0.4, 0.5) is 9.18 Å². The molecule has 190 valence electrons. The van der Waals surface area contributed by atoms with Gasteiger partial charge in [-0.15, -0.1) is 0 Å². The summed E-state index contributed by atoms with van der Waals surface area (Å²) in [6.07, 6.45) is 1.51. The van der Waals surface area contributed by atoms with E-state index in [1.54, 1.807) is 31.2 Å². The fraction of sp³-hybridized carbons (Fsp3) is 0.115. The van der Waals surface area contributed by atoms with Crippen LogP contribution in [0.25, 0.3) is 6.08 Å². The van der Waals surface area contributed by atoms with Gasteiger partial charge in [-0.25, -0.2) is 9.18 Å². The lowest BCUT2D eigenvalue weighted by atomic mass is 10.1. The Hall–Kier alpha value is -2.85. The number of thioether (sulfide) groups is 1. The van der Waals surface area contributed by atoms with Crippen LogP contribution in [-0.2, 0) is 11.3 Å². The molecule has 1 fully saturated rings. The molecule has 0 unspecified atom stereocenters. The summed E-state index contributed by atoms with van der Waals surface area (Å²) >= 11 is 16.1. The number of amides is 2. The molecule has 0 spiro atoms. The average Bonchev–Trinajstić information content (AvgIpc) is 3.11. The van der Waals surface area contributed by atoms with Gasteiger partial charge in [0.25, 0.3) is 11.1 Å². The largest absolute Gasteiger partial charge is 0.490 e. The van der Waals surface area contributed by atoms with E-state index in [-0.39, 0.29) is 40.1 Å². The molecule has 0 radical (unpaired) electrons. The number of rotatable bonds is 7. The molecule has 1 saturated heterocycles. The Morgan fingerprint density at radius 1 is 1.14 bits per heavy atom. The highest BCUT2D eigenvalue weighted by Gasteiger charge is 2.36. The van der Waals surface area contributed by atoms with E-state index < -0.39 is 22.9 Å². The number of nitrogens with zero attached hydrogens (tertiary/aromatic N) is 1. The van der Waals surface area contributed by atoms with Gasteiger partial charge in [-0.2, -0.15) is 0 Å². The highest BCUT2D eigenvalue weighted by Crippen LogP contribution is 2.40. The quantitative estimate of drug-likeness (QED) is 0.152. The molecule has 0 aromatic heterocycles. The molecule has 6 nitrogen and oxygen atoms in total. The van der Waals surface area contributed by atoms with Gasteiger partial charge in [0.2, 0.25) is 0 Å². The minimum absolute atomic E-state index is 0.0564. The second-order valence-electron chi connectivity index (χ2n) is 7.63. The van der Waals surface area contributed by atoms with E-state index in [2.05, 4.69) is 15.9 Å². The number of ether oxygens (including phenoxy) is 2. The Morgan fingerprint density at radius 3 is 2.54 bits per heavy atom. The van der Waals surface area contributed by atoms with Gasteiger partial charge in [-0.1, -0.05) is 29.3 Å². The SMILES string of the molecule is CCOc1cc(/C=C2\SC(=O)N(Cc3c(F)cccc3Cl)C2=O)cc(Br)c1OC(=O)c1ccc(Cl)cc1. The van der Waals surface area contributed by atoms with Gasteiger partial charge in [-0.3, -0.25) is 14.5 Å². The average molecular weight is 625 g/mol. The van der Waals surface area contributed by atoms with Crippen molar-refractivity contribution < 1.29 is 28.2 Å². The van der Waals surface area contributed by atoms with E-state index in [1.165, 1.54) is 36.4 Å². The third-order valence-electron chi connectivity index (χ3n) is 5.16. The molecule has 2 amide bonds. The van der Waals surface area contributed by atoms with Crippen molar-refractivity contribution in [2.45, 2.75) is 13.5 Å². The standard InChI is InChI=1S/C26H17BrCl2FNO5S/c1-2-35-21-11-14(10-18(27)23(21)36-25(33)15-6-8-16(28)9-7-15)12-22-24(32)31(26(34)37-22)13-17-19(29)4-3-5-20(17)30/h3-12H,2,13H2,1H3/b22-12-. The van der Waals surface area contributed by atoms with Gasteiger partial charge in [0.05, 0.1) is 28.1 Å². The molecule has 0 aliphatic carbocycles. The predicted octanol–water partition coefficient (Wildman–Crippen LogP) is 7.75. The molecule has 0 saturated carbocycles. The minimum Gasteiger partial charge on any atom is -0.490 e. The van der Waals surface area contributed by atoms with E-state index in [4.69, 9.17) is 32.7 Å². The summed E-state index contributed by atoms with van der Waals surface area (Å²) in [6.45, 7) is 1.76. The third kappa shape index (κ3) is 6.18. The van der Waals surface area contributed by atoms with Gasteiger partial charge in [-0.05, 0) is 94.8 Å². The van der Waals surface area contributed by atoms with Crippen molar-refractivity contribution in [3.05, 3.63) is 96.5 Å². The first-order valence-electron chi connectivity index (χ1n) is 10.8. The maximum absolute atomic E-state index is 14.2. The molecule has 0 bridgehead atoms. The van der Waals surface area contributed by atoms with Crippen LogP contribution in [0.1, 0.15) is 28.4 Å². The van der Waals surface area contributed by atoms with Gasteiger partial charge >= 0.3 is 5.97 Å². The molecule has 11 heteroatoms. The van der Waals surface area contributed by atoms with Crippen LogP contribution in [0.2, 0.25) is 10.0 Å². The zero-order valence-electron chi connectivity index (χ0n) is 19.1. The van der Waals surface area contributed by atoms with Crippen molar-refractivity contribution in [1.82, 2.24) is 4.90 Å². The number of imide groups is 1. The van der Waals surface area contributed by atoms with Crippen LogP contribution in [0.3, 0.4) is 0 Å². The summed E-state index contributed by atoms with van der Waals surface area (Å²) in [5.74, 6) is -1.39. The first-order valence-corrected chi connectivity index (χ1v) is 13.2. The summed E-state index contributed by atoms with van der Waals surface area (Å²) in [6, 6.07) is 13.6. The van der Waals surface area contributed by atoms with Crippen molar-refractivity contribution in [2.24, 2.45) is 0 Å². The molecule has 1 aliphatic rings. The molecule has 1 aliphatic heterocycles. The van der Waals surface area contributed by atoms with Gasteiger partial charge in [0, 0.05) is 15.6 Å². The second kappa shape index (κ2) is 11.7. The number of hydrogen-bond donors (Lipinski definition) is 0. The molecule has 0 N–H and O–H groups in total. The molecule has 37 heavy (non-hydrogen) atoms. The lowest BCUT2D eigenvalue weighted by Crippen LogP contribution is -2.28. The van der Waals surface area contributed by atoms with Gasteiger partial charge < -0.3 is 9.47 Å². The van der Waals surface area contributed by atoms with E-state index in [1.807, 2.05) is 0 Å². The number of carbonyl (C=O) groups excluding carboxylic acids is 3. The van der Waals surface area contributed by atoms with Crippen molar-refractivity contribution in [3.63, 3.8) is 0 Å². The summed E-state index contributed by atoms with van der Waals surface area (Å²) in [4.78, 5) is 39.2. The molecule has 3 aromatic carbocycles. The lowest BCUT2D eigenvalue weighted by molar-refractivity contribution is -0.123. The lowest BCUT2D eigenvalue weighted by Gasteiger charge is -2.14.